The number of thioether (sulfide) groups is 1. The second kappa shape index (κ2) is 10.0. The van der Waals surface area contributed by atoms with Crippen LogP contribution in [0.3, 0.4) is 0 Å². The predicted molar refractivity (Wildman–Crippen MR) is 138 cm³/mol. The van der Waals surface area contributed by atoms with Gasteiger partial charge in [0.05, 0.1) is 18.8 Å². The lowest BCUT2D eigenvalue weighted by Crippen LogP contribution is -2.35. The maximum absolute atomic E-state index is 12.4. The second-order valence-electron chi connectivity index (χ2n) is 8.10. The van der Waals surface area contributed by atoms with Crippen molar-refractivity contribution in [1.82, 2.24) is 5.01 Å². The average molecular weight is 513 g/mol. The number of carbonyl (C=O) groups is 1. The van der Waals surface area contributed by atoms with Gasteiger partial charge in [-0.2, -0.15) is 10.0 Å². The summed E-state index contributed by atoms with van der Waals surface area (Å²) in [5.74, 6) is 0.672. The van der Waals surface area contributed by atoms with Crippen molar-refractivity contribution in [2.24, 2.45) is 10.1 Å². The molecular weight excluding hydrogens is 488 g/mol. The molecule has 0 saturated heterocycles. The van der Waals surface area contributed by atoms with Crippen LogP contribution in [-0.2, 0) is 14.6 Å². The Hall–Kier alpha value is -3.44. The van der Waals surface area contributed by atoms with Crippen LogP contribution < -0.4 is 9.47 Å². The molecule has 4 rings (SSSR count). The minimum absolute atomic E-state index is 0.0186. The van der Waals surface area contributed by atoms with Crippen molar-refractivity contribution in [1.29, 1.82) is 5.41 Å². The Morgan fingerprint density at radius 2 is 1.66 bits per heavy atom. The van der Waals surface area contributed by atoms with Gasteiger partial charge < -0.3 is 9.47 Å². The first-order chi connectivity index (χ1) is 16.6. The Kier molecular flexibility index (Phi) is 7.08. The molecule has 2 aliphatic heterocycles. The number of sulfone groups is 1. The molecule has 0 aliphatic carbocycles. The van der Waals surface area contributed by atoms with Crippen LogP contribution in [0.4, 0.5) is 0 Å². The van der Waals surface area contributed by atoms with Crippen LogP contribution in [0.1, 0.15) is 23.1 Å². The van der Waals surface area contributed by atoms with Crippen molar-refractivity contribution in [3.8, 4) is 11.5 Å². The molecule has 9 nitrogen and oxygen atoms in total. The first-order valence-electron chi connectivity index (χ1n) is 10.7. The molecule has 0 saturated carbocycles. The number of benzene rings is 2. The molecule has 0 radical (unpaired) electrons. The van der Waals surface area contributed by atoms with E-state index in [2.05, 4.69) is 16.2 Å². The van der Waals surface area contributed by atoms with E-state index < -0.39 is 15.7 Å². The summed E-state index contributed by atoms with van der Waals surface area (Å²) in [4.78, 5) is 16.3. The van der Waals surface area contributed by atoms with Gasteiger partial charge in [0.25, 0.3) is 5.91 Å². The van der Waals surface area contributed by atoms with Gasteiger partial charge >= 0.3 is 0 Å². The van der Waals surface area contributed by atoms with Crippen LogP contribution >= 0.6 is 11.8 Å². The molecule has 11 heteroatoms. The van der Waals surface area contributed by atoms with Gasteiger partial charge in [0.2, 0.25) is 19.4 Å². The standard InChI is InChI=1S/C24H24N4O5S2/c1-15-11-16(2)13-19(12-15)33-10-4-9-32-18-7-5-17(6-8-18)14-20-21(25)28-23(26-22(20)29)34-24(27-28)35(3,30)31/h5-8,11-14,25H,4,9-10H2,1-3H3/b20-14-,25-21?. The number of hydrogen-bond acceptors (Lipinski definition) is 8. The number of hydrazone groups is 1. The number of carbonyl (C=O) groups excluding carboxylic acids is 1. The number of aryl methyl sites for hydroxylation is 2. The van der Waals surface area contributed by atoms with Crippen molar-refractivity contribution >= 4 is 49.0 Å². The number of amidine groups is 2. The fourth-order valence-corrected chi connectivity index (χ4v) is 5.09. The number of hydrogen-bond donors (Lipinski definition) is 1. The van der Waals surface area contributed by atoms with Gasteiger partial charge in [-0.05, 0) is 72.6 Å². The number of nitrogens with one attached hydrogen (secondary N) is 1. The quantitative estimate of drug-likeness (QED) is 0.443. The number of fused-ring (bicyclic) bond motifs is 1. The van der Waals surface area contributed by atoms with E-state index >= 15 is 0 Å². The summed E-state index contributed by atoms with van der Waals surface area (Å²) in [6.07, 6.45) is 3.25. The SMILES string of the molecule is Cc1cc(C)cc(OCCCOc2ccc(/C=C3/C(=N)N4N=C(S(C)(=O)=O)SC4=NC3=O)cc2)c1. The maximum Gasteiger partial charge on any atom is 0.283 e. The number of amides is 1. The first kappa shape index (κ1) is 24.7. The fourth-order valence-electron chi connectivity index (χ4n) is 3.41. The van der Waals surface area contributed by atoms with E-state index in [1.165, 1.54) is 6.08 Å². The van der Waals surface area contributed by atoms with Crippen LogP contribution in [0.15, 0.2) is 58.1 Å². The molecule has 0 aromatic heterocycles. The van der Waals surface area contributed by atoms with Gasteiger partial charge in [0.1, 0.15) is 11.5 Å². The van der Waals surface area contributed by atoms with Gasteiger partial charge in [0.15, 0.2) is 5.84 Å². The van der Waals surface area contributed by atoms with Crippen molar-refractivity contribution in [2.75, 3.05) is 19.5 Å². The molecule has 1 N–H and O–H groups in total. The molecule has 0 fully saturated rings. The van der Waals surface area contributed by atoms with Crippen LogP contribution in [0.2, 0.25) is 0 Å². The lowest BCUT2D eigenvalue weighted by atomic mass is 10.1. The monoisotopic (exact) mass is 512 g/mol. The molecular formula is C24H24N4O5S2. The van der Waals surface area contributed by atoms with E-state index in [-0.39, 0.29) is 21.0 Å². The average Bonchev–Trinajstić information content (AvgIpc) is 3.21. The molecule has 182 valence electrons. The Labute approximate surface area is 208 Å². The van der Waals surface area contributed by atoms with E-state index in [1.54, 1.807) is 24.3 Å². The Morgan fingerprint density at radius 3 is 2.29 bits per heavy atom. The highest BCUT2D eigenvalue weighted by Gasteiger charge is 2.38. The molecule has 0 unspecified atom stereocenters. The molecule has 2 aromatic rings. The first-order valence-corrected chi connectivity index (χ1v) is 13.5. The summed E-state index contributed by atoms with van der Waals surface area (Å²) >= 11 is 0.754. The molecule has 35 heavy (non-hydrogen) atoms. The maximum atomic E-state index is 12.4. The van der Waals surface area contributed by atoms with E-state index in [4.69, 9.17) is 14.9 Å². The van der Waals surface area contributed by atoms with Gasteiger partial charge in [-0.15, -0.1) is 5.10 Å². The predicted octanol–water partition coefficient (Wildman–Crippen LogP) is 3.77. The largest absolute Gasteiger partial charge is 0.493 e. The zero-order valence-electron chi connectivity index (χ0n) is 19.4. The van der Waals surface area contributed by atoms with Crippen molar-refractivity contribution in [2.45, 2.75) is 20.3 Å². The second-order valence-corrected chi connectivity index (χ2v) is 11.2. The van der Waals surface area contributed by atoms with Gasteiger partial charge in [-0.1, -0.05) is 18.2 Å². The molecule has 2 aliphatic rings. The summed E-state index contributed by atoms with van der Waals surface area (Å²) in [6.45, 7) is 5.10. The number of aliphatic imine (C=N–C) groups is 1. The topological polar surface area (TPSA) is 121 Å². The summed E-state index contributed by atoms with van der Waals surface area (Å²) < 4.78 is 34.8. The van der Waals surface area contributed by atoms with Crippen molar-refractivity contribution < 1.29 is 22.7 Å². The van der Waals surface area contributed by atoms with E-state index in [9.17, 15) is 13.2 Å². The highest BCUT2D eigenvalue weighted by Crippen LogP contribution is 2.30. The van der Waals surface area contributed by atoms with E-state index in [0.29, 0.717) is 30.9 Å². The number of ether oxygens (including phenoxy) is 2. The summed E-state index contributed by atoms with van der Waals surface area (Å²) in [5, 5.41) is 13.4. The minimum atomic E-state index is -3.57. The third kappa shape index (κ3) is 5.98. The number of rotatable bonds is 7. The molecule has 0 bridgehead atoms. The Morgan fingerprint density at radius 1 is 1.03 bits per heavy atom. The third-order valence-electron chi connectivity index (χ3n) is 4.97. The highest BCUT2D eigenvalue weighted by molar-refractivity contribution is 8.42. The summed E-state index contributed by atoms with van der Waals surface area (Å²) in [5.41, 5.74) is 3.01. The Balaban J connectivity index is 1.33. The molecule has 1 amide bonds. The van der Waals surface area contributed by atoms with Crippen LogP contribution in [-0.4, -0.2) is 54.2 Å². The zero-order valence-corrected chi connectivity index (χ0v) is 21.1. The summed E-state index contributed by atoms with van der Waals surface area (Å²) in [6, 6.07) is 13.2. The zero-order chi connectivity index (χ0) is 25.2. The fraction of sp³-hybridized carbons (Fsp3) is 0.250. The van der Waals surface area contributed by atoms with Gasteiger partial charge in [-0.25, -0.2) is 8.42 Å². The number of nitrogens with zero attached hydrogens (tertiary/aromatic N) is 3. The van der Waals surface area contributed by atoms with Gasteiger partial charge in [-0.3, -0.25) is 10.2 Å². The van der Waals surface area contributed by atoms with Crippen molar-refractivity contribution in [3.63, 3.8) is 0 Å². The third-order valence-corrected chi connectivity index (χ3v) is 7.54. The smallest absolute Gasteiger partial charge is 0.283 e. The highest BCUT2D eigenvalue weighted by atomic mass is 32.3. The van der Waals surface area contributed by atoms with E-state index in [1.807, 2.05) is 26.0 Å². The lowest BCUT2D eigenvalue weighted by Gasteiger charge is -2.20. The van der Waals surface area contributed by atoms with Crippen molar-refractivity contribution in [3.05, 3.63) is 64.7 Å². The van der Waals surface area contributed by atoms with Crippen LogP contribution in [0.25, 0.3) is 6.08 Å². The lowest BCUT2D eigenvalue weighted by molar-refractivity contribution is -0.114. The Bertz CT molecular complexity index is 1360. The minimum Gasteiger partial charge on any atom is -0.493 e. The van der Waals surface area contributed by atoms with Crippen LogP contribution in [0.5, 0.6) is 11.5 Å². The normalized spacial score (nSPS) is 16.8. The summed E-state index contributed by atoms with van der Waals surface area (Å²) in [7, 11) is -3.57. The molecule has 0 atom stereocenters. The van der Waals surface area contributed by atoms with Crippen LogP contribution in [0, 0.1) is 19.3 Å². The molecule has 2 aromatic carbocycles. The molecule has 0 spiro atoms. The van der Waals surface area contributed by atoms with Gasteiger partial charge in [0, 0.05) is 12.7 Å². The van der Waals surface area contributed by atoms with E-state index in [0.717, 1.165) is 39.9 Å². The molecule has 2 heterocycles.